The zero-order valence-electron chi connectivity index (χ0n) is 14.6. The highest BCUT2D eigenvalue weighted by atomic mass is 79.9. The van der Waals surface area contributed by atoms with Crippen molar-refractivity contribution in [3.05, 3.63) is 0 Å². The van der Waals surface area contributed by atoms with E-state index >= 15 is 0 Å². The van der Waals surface area contributed by atoms with Crippen LogP contribution in [0, 0.1) is 0 Å². The fourth-order valence-corrected chi connectivity index (χ4v) is 3.34. The topological polar surface area (TPSA) is 105 Å². The van der Waals surface area contributed by atoms with Gasteiger partial charge in [-0.15, -0.1) is 0 Å². The van der Waals surface area contributed by atoms with Crippen LogP contribution in [0.1, 0.15) is 32.1 Å². The van der Waals surface area contributed by atoms with Crippen LogP contribution in [0.3, 0.4) is 0 Å². The average molecular weight is 490 g/mol. The lowest BCUT2D eigenvalue weighted by Crippen LogP contribution is -2.43. The molecule has 0 unspecified atom stereocenters. The summed E-state index contributed by atoms with van der Waals surface area (Å²) in [5, 5.41) is 0. The van der Waals surface area contributed by atoms with Crippen molar-refractivity contribution in [1.82, 2.24) is 0 Å². The summed E-state index contributed by atoms with van der Waals surface area (Å²) in [5.41, 5.74) is 0. The number of alkyl halides is 2. The first-order valence-corrected chi connectivity index (χ1v) is 8.94. The quantitative estimate of drug-likeness (QED) is 0.150. The Hall–Kier alpha value is -1.16. The molecule has 0 N–H and O–H groups in total. The zero-order chi connectivity index (χ0) is 19.7. The number of ether oxygens (including phenoxy) is 4. The molecular weight excluding hydrogens is 468 g/mol. The molecule has 0 aromatic heterocycles. The minimum atomic E-state index is -1.58. The summed E-state index contributed by atoms with van der Waals surface area (Å²) < 4.78 is 15.3. The Morgan fingerprint density at radius 2 is 0.840 bits per heavy atom. The Labute approximate surface area is 163 Å². The number of hydrogen-bond acceptors (Lipinski definition) is 8. The fourth-order valence-electron chi connectivity index (χ4n) is 2.14. The summed E-state index contributed by atoms with van der Waals surface area (Å²) in [6.45, 7) is 0. The molecule has 0 rings (SSSR count). The van der Waals surface area contributed by atoms with Crippen molar-refractivity contribution in [2.45, 2.75) is 40.8 Å². The van der Waals surface area contributed by atoms with Gasteiger partial charge in [0, 0.05) is 0 Å². The predicted octanol–water partition coefficient (Wildman–Crippen LogP) is 1.90. The molecule has 0 aliphatic carbocycles. The molecule has 0 aromatic carbocycles. The molecule has 0 spiro atoms. The van der Waals surface area contributed by atoms with Crippen molar-refractivity contribution in [2.24, 2.45) is 0 Å². The van der Waals surface area contributed by atoms with Gasteiger partial charge in [0.05, 0.1) is 28.4 Å². The Bertz CT molecular complexity index is 430. The van der Waals surface area contributed by atoms with E-state index in [0.717, 1.165) is 0 Å². The van der Waals surface area contributed by atoms with E-state index < -0.39 is 32.5 Å². The minimum Gasteiger partial charge on any atom is -0.468 e. The van der Waals surface area contributed by atoms with Crippen LogP contribution in [0.2, 0.25) is 0 Å². The number of methoxy groups -OCH3 is 4. The maximum absolute atomic E-state index is 11.8. The van der Waals surface area contributed by atoms with E-state index in [0.29, 0.717) is 19.3 Å². The molecule has 0 aliphatic rings. The molecule has 10 heteroatoms. The molecule has 8 nitrogen and oxygen atoms in total. The highest BCUT2D eigenvalue weighted by Gasteiger charge is 2.47. The number of rotatable bonds is 10. The van der Waals surface area contributed by atoms with Crippen molar-refractivity contribution in [2.75, 3.05) is 28.4 Å². The first kappa shape index (κ1) is 23.8. The number of carbonyl (C=O) groups excluding carboxylic acids is 4. The smallest absolute Gasteiger partial charge is 0.334 e. The van der Waals surface area contributed by atoms with Gasteiger partial charge in [0.1, 0.15) is 0 Å². The fraction of sp³-hybridized carbons (Fsp3) is 0.733. The maximum Gasteiger partial charge on any atom is 0.334 e. The number of carbonyl (C=O) groups is 4. The number of hydrogen-bond donors (Lipinski definition) is 0. The Morgan fingerprint density at radius 3 is 1.04 bits per heavy atom. The second-order valence-electron chi connectivity index (χ2n) is 5.13. The van der Waals surface area contributed by atoms with Crippen molar-refractivity contribution in [3.63, 3.8) is 0 Å². The van der Waals surface area contributed by atoms with Crippen LogP contribution in [0.5, 0.6) is 0 Å². The van der Waals surface area contributed by atoms with E-state index in [4.69, 9.17) is 0 Å². The van der Waals surface area contributed by atoms with Crippen molar-refractivity contribution in [1.29, 1.82) is 0 Å². The molecule has 0 radical (unpaired) electrons. The van der Waals surface area contributed by atoms with Crippen LogP contribution >= 0.6 is 31.9 Å². The lowest BCUT2D eigenvalue weighted by atomic mass is 9.97. The predicted molar refractivity (Wildman–Crippen MR) is 94.5 cm³/mol. The highest BCUT2D eigenvalue weighted by molar-refractivity contribution is 9.10. The molecule has 0 amide bonds. The van der Waals surface area contributed by atoms with Gasteiger partial charge in [-0.25, -0.2) is 19.2 Å². The van der Waals surface area contributed by atoms with Gasteiger partial charge in [-0.2, -0.15) is 0 Å². The SMILES string of the molecule is COC(=O)C(Br)(CCCCCC(Br)(C(=O)OC)C(=O)OC)C(=O)OC. The maximum atomic E-state index is 11.8. The van der Waals surface area contributed by atoms with Crippen molar-refractivity contribution in [3.8, 4) is 0 Å². The third-order valence-electron chi connectivity index (χ3n) is 3.58. The zero-order valence-corrected chi connectivity index (χ0v) is 17.7. The van der Waals surface area contributed by atoms with Gasteiger partial charge < -0.3 is 18.9 Å². The van der Waals surface area contributed by atoms with Crippen molar-refractivity contribution >= 4 is 55.7 Å². The highest BCUT2D eigenvalue weighted by Crippen LogP contribution is 2.31. The van der Waals surface area contributed by atoms with Gasteiger partial charge in [0.15, 0.2) is 0 Å². The molecule has 0 heterocycles. The average Bonchev–Trinajstić information content (AvgIpc) is 2.63. The summed E-state index contributed by atoms with van der Waals surface area (Å²) in [5.74, 6) is -3.01. The van der Waals surface area contributed by atoms with E-state index in [1.54, 1.807) is 0 Å². The minimum absolute atomic E-state index is 0.137. The summed E-state index contributed by atoms with van der Waals surface area (Å²) >= 11 is 6.18. The van der Waals surface area contributed by atoms with Gasteiger partial charge >= 0.3 is 23.9 Å². The Kier molecular flexibility index (Phi) is 10.2. The lowest BCUT2D eigenvalue weighted by molar-refractivity contribution is -0.157. The summed E-state index contributed by atoms with van der Waals surface area (Å²) in [4.78, 5) is 47.3. The first-order valence-electron chi connectivity index (χ1n) is 7.35. The van der Waals surface area contributed by atoms with Crippen LogP contribution < -0.4 is 0 Å². The molecule has 0 aliphatic heterocycles. The summed E-state index contributed by atoms with van der Waals surface area (Å²) in [6, 6.07) is 0. The Balaban J connectivity index is 4.74. The third-order valence-corrected chi connectivity index (χ3v) is 5.67. The molecule has 0 saturated heterocycles. The van der Waals surface area contributed by atoms with Gasteiger partial charge in [-0.1, -0.05) is 51.1 Å². The van der Waals surface area contributed by atoms with Gasteiger partial charge in [0.25, 0.3) is 0 Å². The summed E-state index contributed by atoms with van der Waals surface area (Å²) in [7, 11) is 4.70. The normalized spacial score (nSPS) is 11.4. The van der Waals surface area contributed by atoms with Crippen LogP contribution in [-0.2, 0) is 38.1 Å². The number of unbranched alkanes of at least 4 members (excludes halogenated alkanes) is 2. The van der Waals surface area contributed by atoms with Crippen LogP contribution in [0.25, 0.3) is 0 Å². The molecule has 0 atom stereocenters. The number of halogens is 2. The first-order chi connectivity index (χ1) is 11.6. The monoisotopic (exact) mass is 488 g/mol. The van der Waals surface area contributed by atoms with Crippen LogP contribution in [0.4, 0.5) is 0 Å². The summed E-state index contributed by atoms with van der Waals surface area (Å²) in [6.07, 6.45) is 1.70. The van der Waals surface area contributed by atoms with Gasteiger partial charge in [-0.3, -0.25) is 0 Å². The van der Waals surface area contributed by atoms with Gasteiger partial charge in [-0.05, 0) is 12.8 Å². The third kappa shape index (κ3) is 5.95. The molecule has 25 heavy (non-hydrogen) atoms. The molecule has 0 fully saturated rings. The van der Waals surface area contributed by atoms with Gasteiger partial charge in [0.2, 0.25) is 8.65 Å². The lowest BCUT2D eigenvalue weighted by Gasteiger charge is -2.23. The van der Waals surface area contributed by atoms with E-state index in [1.165, 1.54) is 28.4 Å². The van der Waals surface area contributed by atoms with E-state index in [2.05, 4.69) is 50.8 Å². The molecule has 0 bridgehead atoms. The van der Waals surface area contributed by atoms with Crippen LogP contribution in [-0.4, -0.2) is 61.0 Å². The van der Waals surface area contributed by atoms with Crippen LogP contribution in [0.15, 0.2) is 0 Å². The standard InChI is InChI=1S/C15H22Br2O8/c1-22-10(18)14(16,11(19)23-2)8-6-5-7-9-15(17,12(20)24-3)13(21)25-4/h5-9H2,1-4H3. The number of esters is 4. The second-order valence-corrected chi connectivity index (χ2v) is 7.84. The molecule has 0 saturated carbocycles. The van der Waals surface area contributed by atoms with Crippen molar-refractivity contribution < 1.29 is 38.1 Å². The van der Waals surface area contributed by atoms with E-state index in [1.807, 2.05) is 0 Å². The Morgan fingerprint density at radius 1 is 0.600 bits per heavy atom. The molecule has 144 valence electrons. The van der Waals surface area contributed by atoms with E-state index in [9.17, 15) is 19.2 Å². The second kappa shape index (κ2) is 10.7. The largest absolute Gasteiger partial charge is 0.468 e. The van der Waals surface area contributed by atoms with E-state index in [-0.39, 0.29) is 12.8 Å². The molecule has 0 aromatic rings. The molecular formula is C15H22Br2O8.